The fourth-order valence-corrected chi connectivity index (χ4v) is 9.78. The largest absolute Gasteiger partial charge is 0.463 e. The Hall–Kier alpha value is -5.68. The smallest absolute Gasteiger partial charge is 0.218 e. The minimum atomic E-state index is -0.753. The number of rotatable bonds is 4. The molecule has 7 aromatic rings. The van der Waals surface area contributed by atoms with Crippen LogP contribution in [0.25, 0.3) is 38.8 Å². The summed E-state index contributed by atoms with van der Waals surface area (Å²) in [4.78, 5) is 10.6. The van der Waals surface area contributed by atoms with Gasteiger partial charge in [0.05, 0.1) is 11.2 Å². The van der Waals surface area contributed by atoms with Crippen LogP contribution in [0, 0.1) is 13.8 Å². The van der Waals surface area contributed by atoms with E-state index in [4.69, 9.17) is 19.5 Å². The van der Waals surface area contributed by atoms with Gasteiger partial charge in [0.1, 0.15) is 22.7 Å². The summed E-state index contributed by atoms with van der Waals surface area (Å²) in [5, 5.41) is 2.39. The molecule has 0 spiro atoms. The molecule has 0 N–H and O–H groups in total. The van der Waals surface area contributed by atoms with Crippen molar-refractivity contribution in [1.82, 2.24) is 9.55 Å². The summed E-state index contributed by atoms with van der Waals surface area (Å²) in [6, 6.07) is 35.9. The Morgan fingerprint density at radius 3 is 1.78 bits per heavy atom. The van der Waals surface area contributed by atoms with Crippen LogP contribution in [-0.2, 0) is 37.5 Å². The quantitative estimate of drug-likeness (QED) is 0.177. The topological polar surface area (TPSA) is 48.6 Å². The van der Waals surface area contributed by atoms with Crippen molar-refractivity contribution in [3.63, 3.8) is 0 Å². The number of ether oxygens (including phenoxy) is 2. The maximum Gasteiger partial charge on any atom is 0.218 e. The van der Waals surface area contributed by atoms with Gasteiger partial charge in [0.25, 0.3) is 0 Å². The van der Waals surface area contributed by atoms with E-state index in [9.17, 15) is 0 Å². The Bertz CT molecular complexity index is 3040. The molecule has 1 aliphatic heterocycles. The van der Waals surface area contributed by atoms with Gasteiger partial charge in [-0.05, 0) is 148 Å². The number of aromatic nitrogens is 2. The Labute approximate surface area is 375 Å². The molecule has 0 amide bonds. The van der Waals surface area contributed by atoms with Gasteiger partial charge in [-0.3, -0.25) is 4.57 Å². The maximum atomic E-state index is 7.31. The van der Waals surface area contributed by atoms with E-state index < -0.39 is 11.1 Å². The highest BCUT2D eigenvalue weighted by molar-refractivity contribution is 6.09. The molecule has 5 heteroatoms. The number of aliphatic imine (C=N–C) groups is 1. The standard InChI is InChI=1S/C58H65N3O2/c1-34-25-41(61-49-22-19-39(55(9,10)11)32-46(49)50-35(2)23-24-59-51(50)61)33-42(26-34)62-43-28-36(27-40(29-43)56(12,13)14)52-60-57(15)47-20-17-37(53(3,4)5)30-44(47)45-31-38(54(6,7)8)18-21-48(45)58(57,16)63-52/h17-33H,1-16H3/t57-,58+/m1/s1. The molecule has 9 rings (SSSR count). The van der Waals surface area contributed by atoms with Gasteiger partial charge in [0.15, 0.2) is 5.60 Å². The average Bonchev–Trinajstić information content (AvgIpc) is 3.68. The molecular weight excluding hydrogens is 771 g/mol. The van der Waals surface area contributed by atoms with Gasteiger partial charge in [0, 0.05) is 34.2 Å². The van der Waals surface area contributed by atoms with E-state index in [1.807, 2.05) is 6.20 Å². The Morgan fingerprint density at radius 1 is 0.571 bits per heavy atom. The van der Waals surface area contributed by atoms with Crippen molar-refractivity contribution >= 4 is 27.8 Å². The van der Waals surface area contributed by atoms with Crippen LogP contribution >= 0.6 is 0 Å². The van der Waals surface area contributed by atoms with Crippen molar-refractivity contribution in [2.45, 2.75) is 144 Å². The van der Waals surface area contributed by atoms with Crippen LogP contribution in [0.5, 0.6) is 11.5 Å². The van der Waals surface area contributed by atoms with Crippen LogP contribution < -0.4 is 4.74 Å². The first-order chi connectivity index (χ1) is 29.3. The number of fused-ring (bicyclic) bond motifs is 9. The number of nitrogens with zero attached hydrogens (tertiary/aromatic N) is 3. The lowest BCUT2D eigenvalue weighted by Gasteiger charge is -2.45. The number of benzene rings is 5. The third-order valence-electron chi connectivity index (χ3n) is 13.9. The summed E-state index contributed by atoms with van der Waals surface area (Å²) in [5.74, 6) is 2.12. The fraction of sp³-hybridized carbons (Fsp3) is 0.379. The first-order valence-electron chi connectivity index (χ1n) is 22.7. The third kappa shape index (κ3) is 6.98. The summed E-state index contributed by atoms with van der Waals surface area (Å²) >= 11 is 0. The monoisotopic (exact) mass is 836 g/mol. The predicted octanol–water partition coefficient (Wildman–Crippen LogP) is 15.4. The van der Waals surface area contributed by atoms with E-state index in [1.54, 1.807) is 0 Å². The Kier molecular flexibility index (Phi) is 9.41. The van der Waals surface area contributed by atoms with Crippen LogP contribution in [0.2, 0.25) is 0 Å². The second-order valence-electron chi connectivity index (χ2n) is 22.9. The second-order valence-corrected chi connectivity index (χ2v) is 22.9. The summed E-state index contributed by atoms with van der Waals surface area (Å²) in [6.45, 7) is 36.1. The van der Waals surface area contributed by atoms with Gasteiger partial charge in [-0.2, -0.15) is 0 Å². The van der Waals surface area contributed by atoms with E-state index in [1.165, 1.54) is 49.7 Å². The lowest BCUT2D eigenvalue weighted by Crippen LogP contribution is -2.45. The molecule has 324 valence electrons. The average molecular weight is 836 g/mol. The van der Waals surface area contributed by atoms with Gasteiger partial charge in [-0.15, -0.1) is 0 Å². The van der Waals surface area contributed by atoms with Crippen molar-refractivity contribution in [3.05, 3.63) is 153 Å². The fourth-order valence-electron chi connectivity index (χ4n) is 9.78. The van der Waals surface area contributed by atoms with E-state index >= 15 is 0 Å². The summed E-state index contributed by atoms with van der Waals surface area (Å²) in [7, 11) is 0. The zero-order chi connectivity index (χ0) is 45.4. The number of hydrogen-bond donors (Lipinski definition) is 0. The number of aryl methyl sites for hydroxylation is 2. The minimum absolute atomic E-state index is 0.00349. The molecule has 0 saturated carbocycles. The summed E-state index contributed by atoms with van der Waals surface area (Å²) in [5.41, 5.74) is 14.6. The van der Waals surface area contributed by atoms with Gasteiger partial charge >= 0.3 is 0 Å². The lowest BCUT2D eigenvalue weighted by molar-refractivity contribution is 0.0269. The van der Waals surface area contributed by atoms with E-state index in [0.29, 0.717) is 5.90 Å². The molecule has 1 aliphatic carbocycles. The molecule has 2 aromatic heterocycles. The summed E-state index contributed by atoms with van der Waals surface area (Å²) < 4.78 is 16.6. The Balaban J connectivity index is 1.17. The van der Waals surface area contributed by atoms with Crippen molar-refractivity contribution in [1.29, 1.82) is 0 Å². The van der Waals surface area contributed by atoms with Crippen molar-refractivity contribution in [3.8, 4) is 28.3 Å². The van der Waals surface area contributed by atoms with Gasteiger partial charge in [-0.1, -0.05) is 126 Å². The molecule has 3 heterocycles. The predicted molar refractivity (Wildman–Crippen MR) is 264 cm³/mol. The molecule has 2 aliphatic rings. The van der Waals surface area contributed by atoms with E-state index in [2.05, 4.69) is 212 Å². The van der Waals surface area contributed by atoms with Crippen molar-refractivity contribution < 1.29 is 9.47 Å². The number of pyridine rings is 1. The molecule has 5 nitrogen and oxygen atoms in total. The van der Waals surface area contributed by atoms with E-state index in [-0.39, 0.29) is 21.7 Å². The van der Waals surface area contributed by atoms with Crippen LogP contribution in [0.1, 0.15) is 147 Å². The molecular formula is C58H65N3O2. The van der Waals surface area contributed by atoms with E-state index in [0.717, 1.165) is 50.6 Å². The SMILES string of the molecule is Cc1cc(Oc2cc(C3=N[C@]4(C)c5ccc(C(C)(C)C)cc5-c5cc(C(C)(C)C)ccc5[C@]4(C)O3)cc(C(C)(C)C)c2)cc(-n2c3ccc(C(C)(C)C)cc3c3c(C)ccnc32)c1. The summed E-state index contributed by atoms with van der Waals surface area (Å²) in [6.07, 6.45) is 1.92. The molecule has 63 heavy (non-hydrogen) atoms. The molecule has 0 radical (unpaired) electrons. The Morgan fingerprint density at radius 2 is 1.14 bits per heavy atom. The van der Waals surface area contributed by atoms with Crippen LogP contribution in [0.4, 0.5) is 0 Å². The molecule has 0 fully saturated rings. The minimum Gasteiger partial charge on any atom is -0.463 e. The zero-order valence-electron chi connectivity index (χ0n) is 40.5. The first-order valence-corrected chi connectivity index (χ1v) is 22.7. The highest BCUT2D eigenvalue weighted by Crippen LogP contribution is 2.59. The zero-order valence-corrected chi connectivity index (χ0v) is 40.5. The third-order valence-corrected chi connectivity index (χ3v) is 13.9. The molecule has 0 saturated heterocycles. The normalized spacial score (nSPS) is 18.8. The molecule has 2 atom stereocenters. The van der Waals surface area contributed by atoms with Crippen molar-refractivity contribution in [2.24, 2.45) is 4.99 Å². The maximum absolute atomic E-state index is 7.31. The van der Waals surface area contributed by atoms with Crippen LogP contribution in [0.15, 0.2) is 108 Å². The van der Waals surface area contributed by atoms with Crippen LogP contribution in [0.3, 0.4) is 0 Å². The van der Waals surface area contributed by atoms with Crippen molar-refractivity contribution in [2.75, 3.05) is 0 Å². The van der Waals surface area contributed by atoms with Gasteiger partial charge in [0.2, 0.25) is 5.90 Å². The highest BCUT2D eigenvalue weighted by Gasteiger charge is 2.59. The molecule has 5 aromatic carbocycles. The van der Waals surface area contributed by atoms with Gasteiger partial charge in [-0.25, -0.2) is 9.98 Å². The first kappa shape index (κ1) is 42.6. The van der Waals surface area contributed by atoms with Gasteiger partial charge < -0.3 is 9.47 Å². The molecule has 0 bridgehead atoms. The second kappa shape index (κ2) is 13.9. The highest BCUT2D eigenvalue weighted by atomic mass is 16.5. The number of hydrogen-bond acceptors (Lipinski definition) is 4. The molecule has 0 unspecified atom stereocenters. The lowest BCUT2D eigenvalue weighted by atomic mass is 9.64. The van der Waals surface area contributed by atoms with Crippen LogP contribution in [-0.4, -0.2) is 15.4 Å².